The molecular formula is C31H18N4. The molecule has 0 saturated heterocycles. The summed E-state index contributed by atoms with van der Waals surface area (Å²) in [5, 5.41) is 2.35. The molecular weight excluding hydrogens is 428 g/mol. The lowest BCUT2D eigenvalue weighted by Crippen LogP contribution is -1.95. The van der Waals surface area contributed by atoms with Crippen LogP contribution in [-0.2, 0) is 12.8 Å². The predicted octanol–water partition coefficient (Wildman–Crippen LogP) is 6.73. The Morgan fingerprint density at radius 1 is 0.686 bits per heavy atom. The summed E-state index contributed by atoms with van der Waals surface area (Å²) in [6, 6.07) is 24.2. The van der Waals surface area contributed by atoms with Gasteiger partial charge in [0.1, 0.15) is 5.65 Å². The lowest BCUT2D eigenvalue weighted by atomic mass is 9.93. The summed E-state index contributed by atoms with van der Waals surface area (Å²) in [4.78, 5) is 14.4. The molecule has 35 heavy (non-hydrogen) atoms. The minimum Gasteiger partial charge on any atom is -0.289 e. The quantitative estimate of drug-likeness (QED) is 0.243. The summed E-state index contributed by atoms with van der Waals surface area (Å²) in [5.41, 5.74) is 16.2. The molecule has 0 radical (unpaired) electrons. The minimum absolute atomic E-state index is 0.952. The van der Waals surface area contributed by atoms with Crippen LogP contribution in [0.2, 0.25) is 0 Å². The van der Waals surface area contributed by atoms with Gasteiger partial charge in [-0.05, 0) is 75.5 Å². The van der Waals surface area contributed by atoms with Crippen LogP contribution >= 0.6 is 0 Å². The Morgan fingerprint density at radius 3 is 2.60 bits per heavy atom. The number of pyridine rings is 3. The van der Waals surface area contributed by atoms with Gasteiger partial charge in [0.2, 0.25) is 0 Å². The summed E-state index contributed by atoms with van der Waals surface area (Å²) < 4.78 is 2.22. The molecule has 0 unspecified atom stereocenters. The molecule has 4 heteroatoms. The molecule has 3 aromatic carbocycles. The van der Waals surface area contributed by atoms with E-state index in [1.165, 1.54) is 49.9 Å². The molecule has 0 bridgehead atoms. The van der Waals surface area contributed by atoms with Crippen molar-refractivity contribution in [1.29, 1.82) is 0 Å². The lowest BCUT2D eigenvalue weighted by Gasteiger charge is -2.13. The molecule has 0 aliphatic heterocycles. The van der Waals surface area contributed by atoms with Crippen molar-refractivity contribution in [2.75, 3.05) is 0 Å². The zero-order valence-corrected chi connectivity index (χ0v) is 18.8. The van der Waals surface area contributed by atoms with E-state index in [1.807, 2.05) is 30.7 Å². The maximum absolute atomic E-state index is 5.06. The largest absolute Gasteiger partial charge is 0.289 e. The highest BCUT2D eigenvalue weighted by molar-refractivity contribution is 6.19. The first kappa shape index (κ1) is 17.8. The Morgan fingerprint density at radius 2 is 1.60 bits per heavy atom. The maximum atomic E-state index is 5.06. The van der Waals surface area contributed by atoms with Crippen molar-refractivity contribution in [3.8, 4) is 22.3 Å². The summed E-state index contributed by atoms with van der Waals surface area (Å²) in [7, 11) is 0. The van der Waals surface area contributed by atoms with Gasteiger partial charge in [0.15, 0.2) is 0 Å². The Kier molecular flexibility index (Phi) is 3.11. The first-order valence-corrected chi connectivity index (χ1v) is 12.0. The smallest absolute Gasteiger partial charge is 0.146 e. The maximum Gasteiger partial charge on any atom is 0.146 e. The van der Waals surface area contributed by atoms with Crippen LogP contribution in [0.15, 0.2) is 85.3 Å². The normalized spacial score (nSPS) is 13.5. The molecule has 4 nitrogen and oxygen atoms in total. The van der Waals surface area contributed by atoms with Crippen molar-refractivity contribution in [2.24, 2.45) is 0 Å². The minimum atomic E-state index is 0.952. The third-order valence-electron chi connectivity index (χ3n) is 7.96. The SMILES string of the molecule is c1ccc2c(c1)Cc1ccc3c(c1-2)Cc1ccc2c(c1-3)c1ncccc1n1c3cnccc3nc21. The van der Waals surface area contributed by atoms with Crippen molar-refractivity contribution in [2.45, 2.75) is 12.8 Å². The Hall–Kier alpha value is -4.57. The summed E-state index contributed by atoms with van der Waals surface area (Å²) in [6.45, 7) is 0. The van der Waals surface area contributed by atoms with E-state index in [0.29, 0.717) is 0 Å². The molecule has 0 atom stereocenters. The first-order chi connectivity index (χ1) is 17.4. The van der Waals surface area contributed by atoms with Gasteiger partial charge in [0, 0.05) is 23.2 Å². The Bertz CT molecular complexity index is 2070. The molecule has 0 amide bonds. The average Bonchev–Trinajstić information content (AvgIpc) is 3.59. The van der Waals surface area contributed by atoms with E-state index in [2.05, 4.69) is 64.0 Å². The van der Waals surface area contributed by atoms with Gasteiger partial charge in [0.25, 0.3) is 0 Å². The standard InChI is InChI=1S/C31H18N4/c1-2-5-20-17(4-1)14-18-7-9-21-23(27(18)20)15-19-8-10-22-29(28(19)21)30-25(6-3-12-33-30)35-26-16-32-13-11-24(26)34-31(22)35/h1-13,16H,14-15H2. The summed E-state index contributed by atoms with van der Waals surface area (Å²) in [5.74, 6) is 0. The number of benzene rings is 3. The second-order valence-electron chi connectivity index (χ2n) is 9.67. The number of rotatable bonds is 0. The van der Waals surface area contributed by atoms with Gasteiger partial charge in [-0.15, -0.1) is 0 Å². The molecule has 2 aliphatic rings. The van der Waals surface area contributed by atoms with Gasteiger partial charge >= 0.3 is 0 Å². The van der Waals surface area contributed by atoms with Crippen molar-refractivity contribution in [3.63, 3.8) is 0 Å². The van der Waals surface area contributed by atoms with E-state index in [4.69, 9.17) is 9.97 Å². The fraction of sp³-hybridized carbons (Fsp3) is 0.0645. The van der Waals surface area contributed by atoms with Gasteiger partial charge in [-0.1, -0.05) is 48.5 Å². The molecule has 2 aliphatic carbocycles. The number of hydrogen-bond acceptors (Lipinski definition) is 3. The molecule has 0 fully saturated rings. The molecule has 0 saturated carbocycles. The second kappa shape index (κ2) is 6.10. The molecule has 0 N–H and O–H groups in total. The highest BCUT2D eigenvalue weighted by atomic mass is 15.0. The van der Waals surface area contributed by atoms with Crippen LogP contribution in [0.25, 0.3) is 60.7 Å². The molecule has 0 spiro atoms. The molecule has 7 aromatic rings. The van der Waals surface area contributed by atoms with Crippen LogP contribution in [0.4, 0.5) is 0 Å². The molecule has 9 rings (SSSR count). The highest BCUT2D eigenvalue weighted by Gasteiger charge is 2.30. The van der Waals surface area contributed by atoms with Crippen molar-refractivity contribution in [1.82, 2.24) is 19.4 Å². The topological polar surface area (TPSA) is 43.1 Å². The summed E-state index contributed by atoms with van der Waals surface area (Å²) >= 11 is 0. The van der Waals surface area contributed by atoms with Crippen LogP contribution < -0.4 is 0 Å². The molecule has 4 heterocycles. The van der Waals surface area contributed by atoms with Crippen LogP contribution in [0.5, 0.6) is 0 Å². The van der Waals surface area contributed by atoms with Gasteiger partial charge in [0.05, 0.1) is 28.3 Å². The number of fused-ring (bicyclic) bond motifs is 16. The van der Waals surface area contributed by atoms with Crippen molar-refractivity contribution >= 4 is 38.5 Å². The average molecular weight is 447 g/mol. The van der Waals surface area contributed by atoms with Crippen molar-refractivity contribution < 1.29 is 0 Å². The predicted molar refractivity (Wildman–Crippen MR) is 140 cm³/mol. The van der Waals surface area contributed by atoms with E-state index >= 15 is 0 Å². The van der Waals surface area contributed by atoms with Crippen LogP contribution in [-0.4, -0.2) is 19.4 Å². The summed E-state index contributed by atoms with van der Waals surface area (Å²) in [6.07, 6.45) is 7.59. The number of nitrogens with zero attached hydrogens (tertiary/aromatic N) is 4. The van der Waals surface area contributed by atoms with E-state index in [-0.39, 0.29) is 0 Å². The highest BCUT2D eigenvalue weighted by Crippen LogP contribution is 2.50. The number of hydrogen-bond donors (Lipinski definition) is 0. The second-order valence-corrected chi connectivity index (χ2v) is 9.67. The van der Waals surface area contributed by atoms with Crippen molar-refractivity contribution in [3.05, 3.63) is 108 Å². The van der Waals surface area contributed by atoms with Crippen LogP contribution in [0, 0.1) is 0 Å². The fourth-order valence-electron chi connectivity index (χ4n) is 6.56. The van der Waals surface area contributed by atoms with E-state index in [1.54, 1.807) is 0 Å². The van der Waals surface area contributed by atoms with Gasteiger partial charge in [-0.3, -0.25) is 14.4 Å². The molecule has 4 aromatic heterocycles. The Labute approximate surface area is 200 Å². The van der Waals surface area contributed by atoms with Gasteiger partial charge in [-0.25, -0.2) is 4.98 Å². The lowest BCUT2D eigenvalue weighted by molar-refractivity contribution is 1.23. The van der Waals surface area contributed by atoms with E-state index in [0.717, 1.165) is 45.9 Å². The van der Waals surface area contributed by atoms with E-state index in [9.17, 15) is 0 Å². The molecule has 162 valence electrons. The third-order valence-corrected chi connectivity index (χ3v) is 7.96. The monoisotopic (exact) mass is 446 g/mol. The zero-order valence-electron chi connectivity index (χ0n) is 18.8. The number of aromatic nitrogens is 4. The Balaban J connectivity index is 1.47. The van der Waals surface area contributed by atoms with Crippen LogP contribution in [0.3, 0.4) is 0 Å². The van der Waals surface area contributed by atoms with Gasteiger partial charge in [-0.2, -0.15) is 0 Å². The van der Waals surface area contributed by atoms with Crippen LogP contribution in [0.1, 0.15) is 22.3 Å². The van der Waals surface area contributed by atoms with Gasteiger partial charge < -0.3 is 0 Å². The zero-order chi connectivity index (χ0) is 22.7. The third kappa shape index (κ3) is 2.11. The first-order valence-electron chi connectivity index (χ1n) is 12.0. The fourth-order valence-corrected chi connectivity index (χ4v) is 6.56. The van der Waals surface area contributed by atoms with E-state index < -0.39 is 0 Å². The number of imidazole rings is 1.